The number of rotatable bonds is 4. The largest absolute Gasteiger partial charge is 0.416 e. The molecule has 0 radical (unpaired) electrons. The predicted molar refractivity (Wildman–Crippen MR) is 81.6 cm³/mol. The van der Waals surface area contributed by atoms with Crippen molar-refractivity contribution in [1.82, 2.24) is 5.32 Å². The van der Waals surface area contributed by atoms with Gasteiger partial charge in [0.2, 0.25) is 5.91 Å². The van der Waals surface area contributed by atoms with Gasteiger partial charge in [0.05, 0.1) is 30.2 Å². The first-order valence-electron chi connectivity index (χ1n) is 7.27. The van der Waals surface area contributed by atoms with Crippen LogP contribution in [0.4, 0.5) is 24.5 Å². The lowest BCUT2D eigenvalue weighted by molar-refractivity contribution is -0.137. The lowest BCUT2D eigenvalue weighted by atomic mass is 10.1. The van der Waals surface area contributed by atoms with E-state index in [2.05, 4.69) is 10.6 Å². The Kier molecular flexibility index (Phi) is 5.48. The van der Waals surface area contributed by atoms with Gasteiger partial charge in [0.1, 0.15) is 0 Å². The number of hydrogen-bond donors (Lipinski definition) is 2. The van der Waals surface area contributed by atoms with Gasteiger partial charge in [-0.25, -0.2) is 0 Å². The number of nitrogens with zero attached hydrogens (tertiary/aromatic N) is 1. The van der Waals surface area contributed by atoms with Gasteiger partial charge < -0.3 is 20.3 Å². The van der Waals surface area contributed by atoms with Crippen LogP contribution < -0.4 is 15.5 Å². The van der Waals surface area contributed by atoms with Crippen LogP contribution in [0.2, 0.25) is 0 Å². The fraction of sp³-hybridized carbons (Fsp3) is 0.533. The standard InChI is InChI=1S/C15H20F3N3O2/c1-21(2)13-4-3-10(15(16,17)18)7-12(13)20-14(22)8-11-9-23-6-5-19-11/h3-4,7,11,19H,5-6,8-9H2,1-2H3,(H,20,22). The molecule has 8 heteroatoms. The molecule has 5 nitrogen and oxygen atoms in total. The molecule has 1 amide bonds. The van der Waals surface area contributed by atoms with Gasteiger partial charge in [-0.15, -0.1) is 0 Å². The van der Waals surface area contributed by atoms with Crippen molar-refractivity contribution in [3.8, 4) is 0 Å². The van der Waals surface area contributed by atoms with Gasteiger partial charge in [0, 0.05) is 33.1 Å². The molecule has 1 heterocycles. The van der Waals surface area contributed by atoms with E-state index in [1.165, 1.54) is 6.07 Å². The second-order valence-electron chi connectivity index (χ2n) is 5.60. The Hall–Kier alpha value is -1.80. The van der Waals surface area contributed by atoms with Crippen LogP contribution >= 0.6 is 0 Å². The number of ether oxygens (including phenoxy) is 1. The molecule has 1 atom stereocenters. The van der Waals surface area contributed by atoms with E-state index < -0.39 is 11.7 Å². The summed E-state index contributed by atoms with van der Waals surface area (Å²) in [6.45, 7) is 1.66. The third kappa shape index (κ3) is 4.84. The number of nitrogens with one attached hydrogen (secondary N) is 2. The van der Waals surface area contributed by atoms with Crippen molar-refractivity contribution in [1.29, 1.82) is 0 Å². The van der Waals surface area contributed by atoms with Crippen LogP contribution in [0.25, 0.3) is 0 Å². The summed E-state index contributed by atoms with van der Waals surface area (Å²) in [6, 6.07) is 3.18. The molecule has 1 aromatic rings. The van der Waals surface area contributed by atoms with Crippen molar-refractivity contribution >= 4 is 17.3 Å². The van der Waals surface area contributed by atoms with Crippen molar-refractivity contribution < 1.29 is 22.7 Å². The van der Waals surface area contributed by atoms with E-state index >= 15 is 0 Å². The van der Waals surface area contributed by atoms with Crippen LogP contribution in [0, 0.1) is 0 Å². The Morgan fingerprint density at radius 3 is 2.74 bits per heavy atom. The number of carbonyl (C=O) groups excluding carboxylic acids is 1. The topological polar surface area (TPSA) is 53.6 Å². The minimum atomic E-state index is -4.46. The monoisotopic (exact) mass is 331 g/mol. The second-order valence-corrected chi connectivity index (χ2v) is 5.60. The number of amides is 1. The molecule has 1 saturated heterocycles. The third-order valence-corrected chi connectivity index (χ3v) is 3.51. The van der Waals surface area contributed by atoms with E-state index in [9.17, 15) is 18.0 Å². The predicted octanol–water partition coefficient (Wildman–Crippen LogP) is 2.09. The average Bonchev–Trinajstić information content (AvgIpc) is 2.46. The van der Waals surface area contributed by atoms with E-state index in [0.29, 0.717) is 25.4 Å². The lowest BCUT2D eigenvalue weighted by Crippen LogP contribution is -2.43. The van der Waals surface area contributed by atoms with Crippen LogP contribution in [-0.4, -0.2) is 45.8 Å². The molecule has 1 aliphatic rings. The molecule has 128 valence electrons. The Balaban J connectivity index is 2.13. The molecule has 1 aromatic carbocycles. The molecule has 1 aliphatic heterocycles. The molecule has 2 rings (SSSR count). The van der Waals surface area contributed by atoms with E-state index in [0.717, 1.165) is 12.1 Å². The highest BCUT2D eigenvalue weighted by Gasteiger charge is 2.31. The summed E-state index contributed by atoms with van der Waals surface area (Å²) >= 11 is 0. The second kappa shape index (κ2) is 7.18. The van der Waals surface area contributed by atoms with Gasteiger partial charge >= 0.3 is 6.18 Å². The highest BCUT2D eigenvalue weighted by molar-refractivity contribution is 5.94. The number of alkyl halides is 3. The number of halogens is 3. The highest BCUT2D eigenvalue weighted by Crippen LogP contribution is 2.35. The minimum Gasteiger partial charge on any atom is -0.378 e. The quantitative estimate of drug-likeness (QED) is 0.887. The van der Waals surface area contributed by atoms with E-state index in [-0.39, 0.29) is 24.1 Å². The normalized spacial score (nSPS) is 18.6. The zero-order valence-electron chi connectivity index (χ0n) is 13.0. The van der Waals surface area contributed by atoms with Crippen LogP contribution in [0.1, 0.15) is 12.0 Å². The van der Waals surface area contributed by atoms with Crippen molar-refractivity contribution in [2.24, 2.45) is 0 Å². The molecule has 0 aliphatic carbocycles. The first-order chi connectivity index (χ1) is 10.8. The number of hydrogen-bond acceptors (Lipinski definition) is 4. The fourth-order valence-electron chi connectivity index (χ4n) is 2.38. The summed E-state index contributed by atoms with van der Waals surface area (Å²) in [7, 11) is 3.41. The third-order valence-electron chi connectivity index (χ3n) is 3.51. The SMILES string of the molecule is CN(C)c1ccc(C(F)(F)F)cc1NC(=O)CC1COCCN1. The summed E-state index contributed by atoms with van der Waals surface area (Å²) < 4.78 is 43.8. The highest BCUT2D eigenvalue weighted by atomic mass is 19.4. The first-order valence-corrected chi connectivity index (χ1v) is 7.27. The lowest BCUT2D eigenvalue weighted by Gasteiger charge is -2.24. The molecule has 1 unspecified atom stereocenters. The van der Waals surface area contributed by atoms with Crippen LogP contribution in [0.5, 0.6) is 0 Å². The van der Waals surface area contributed by atoms with E-state index in [1.54, 1.807) is 19.0 Å². The van der Waals surface area contributed by atoms with Gasteiger partial charge in [0.15, 0.2) is 0 Å². The molecular formula is C15H20F3N3O2. The molecule has 0 aromatic heterocycles. The van der Waals surface area contributed by atoms with Gasteiger partial charge in [-0.05, 0) is 18.2 Å². The first kappa shape index (κ1) is 17.6. The van der Waals surface area contributed by atoms with Crippen molar-refractivity contribution in [3.63, 3.8) is 0 Å². The molecule has 0 spiro atoms. The zero-order valence-corrected chi connectivity index (χ0v) is 13.0. The van der Waals surface area contributed by atoms with Gasteiger partial charge in [0.25, 0.3) is 0 Å². The smallest absolute Gasteiger partial charge is 0.378 e. The summed E-state index contributed by atoms with van der Waals surface area (Å²) in [5.41, 5.74) is -0.136. The van der Waals surface area contributed by atoms with Crippen molar-refractivity contribution in [2.45, 2.75) is 18.6 Å². The Labute approximate surface area is 132 Å². The molecule has 0 saturated carbocycles. The Bertz CT molecular complexity index is 555. The molecule has 0 bridgehead atoms. The summed E-state index contributed by atoms with van der Waals surface area (Å²) in [4.78, 5) is 13.8. The van der Waals surface area contributed by atoms with Gasteiger partial charge in [-0.3, -0.25) is 4.79 Å². The fourth-order valence-corrected chi connectivity index (χ4v) is 2.38. The average molecular weight is 331 g/mol. The van der Waals surface area contributed by atoms with E-state index in [4.69, 9.17) is 4.74 Å². The molecule has 23 heavy (non-hydrogen) atoms. The molecular weight excluding hydrogens is 311 g/mol. The number of carbonyl (C=O) groups is 1. The number of anilines is 2. The number of benzene rings is 1. The Morgan fingerprint density at radius 2 is 2.17 bits per heavy atom. The van der Waals surface area contributed by atoms with Gasteiger partial charge in [-0.2, -0.15) is 13.2 Å². The maximum Gasteiger partial charge on any atom is 0.416 e. The molecule has 2 N–H and O–H groups in total. The summed E-state index contributed by atoms with van der Waals surface area (Å²) in [6.07, 6.45) is -4.31. The maximum absolute atomic E-state index is 12.9. The molecule has 1 fully saturated rings. The summed E-state index contributed by atoms with van der Waals surface area (Å²) in [5.74, 6) is -0.351. The van der Waals surface area contributed by atoms with Crippen LogP contribution in [0.3, 0.4) is 0 Å². The maximum atomic E-state index is 12.9. The number of morpholine rings is 1. The van der Waals surface area contributed by atoms with Gasteiger partial charge in [-0.1, -0.05) is 0 Å². The van der Waals surface area contributed by atoms with E-state index in [1.807, 2.05) is 0 Å². The minimum absolute atomic E-state index is 0.127. The van der Waals surface area contributed by atoms with Crippen molar-refractivity contribution in [3.05, 3.63) is 23.8 Å². The summed E-state index contributed by atoms with van der Waals surface area (Å²) in [5, 5.41) is 5.71. The van der Waals surface area contributed by atoms with Crippen LogP contribution in [-0.2, 0) is 15.7 Å². The van der Waals surface area contributed by atoms with Crippen LogP contribution in [0.15, 0.2) is 18.2 Å². The Morgan fingerprint density at radius 1 is 1.43 bits per heavy atom. The zero-order chi connectivity index (χ0) is 17.0. The van der Waals surface area contributed by atoms with Crippen molar-refractivity contribution in [2.75, 3.05) is 44.1 Å².